The minimum atomic E-state index is -4.98. The van der Waals surface area contributed by atoms with Crippen LogP contribution >= 0.6 is 0 Å². The molecule has 2 heterocycles. The molecule has 5 nitrogen and oxygen atoms in total. The summed E-state index contributed by atoms with van der Waals surface area (Å²) in [6.45, 7) is 1.38. The summed E-state index contributed by atoms with van der Waals surface area (Å²) >= 11 is 0. The number of rotatable bonds is 1. The quantitative estimate of drug-likeness (QED) is 0.805. The largest absolute Gasteiger partial charge is 0.587 e. The number of ether oxygens (including phenoxy) is 2. The number of halogens is 5. The van der Waals surface area contributed by atoms with E-state index < -0.39 is 46.8 Å². The smallest absolute Gasteiger partial charge is 0.393 e. The zero-order valence-electron chi connectivity index (χ0n) is 10.8. The van der Waals surface area contributed by atoms with Crippen molar-refractivity contribution in [2.45, 2.75) is 25.8 Å². The molecule has 0 bridgehead atoms. The Hall–Kier alpha value is -2.39. The fourth-order valence-electron chi connectivity index (χ4n) is 2.56. The molecule has 0 radical (unpaired) electrons. The van der Waals surface area contributed by atoms with Gasteiger partial charge in [-0.3, -0.25) is 4.79 Å². The van der Waals surface area contributed by atoms with Gasteiger partial charge in [-0.25, -0.2) is 4.98 Å². The van der Waals surface area contributed by atoms with Crippen LogP contribution in [-0.2, 0) is 17.4 Å². The van der Waals surface area contributed by atoms with Gasteiger partial charge in [0.2, 0.25) is 5.91 Å². The van der Waals surface area contributed by atoms with Crippen molar-refractivity contribution < 1.29 is 36.2 Å². The Balaban J connectivity index is 2.32. The summed E-state index contributed by atoms with van der Waals surface area (Å²) in [5.41, 5.74) is 2.55. The van der Waals surface area contributed by atoms with Crippen LogP contribution in [0.25, 0.3) is 5.57 Å². The Morgan fingerprint density at radius 3 is 2.50 bits per heavy atom. The maximum Gasteiger partial charge on any atom is 0.587 e. The Kier molecular flexibility index (Phi) is 2.70. The highest BCUT2D eigenvalue weighted by Gasteiger charge is 2.50. The molecule has 2 aliphatic rings. The number of pyridine rings is 1. The van der Waals surface area contributed by atoms with E-state index in [1.807, 2.05) is 0 Å². The second-order valence-corrected chi connectivity index (χ2v) is 4.81. The maximum absolute atomic E-state index is 13.1. The number of carbonyl (C=O) groups is 1. The third-order valence-corrected chi connectivity index (χ3v) is 3.29. The number of amides is 1. The van der Waals surface area contributed by atoms with E-state index in [0.29, 0.717) is 0 Å². The number of hydrogen-bond donors (Lipinski definition) is 1. The number of aromatic nitrogens is 1. The Morgan fingerprint density at radius 2 is 1.95 bits per heavy atom. The predicted octanol–water partition coefficient (Wildman–Crippen LogP) is 2.24. The molecular weight excluding hydrogens is 315 g/mol. The van der Waals surface area contributed by atoms with Crippen LogP contribution in [0.4, 0.5) is 22.0 Å². The first-order valence-electron chi connectivity index (χ1n) is 5.91. The zero-order chi connectivity index (χ0) is 16.4. The summed E-state index contributed by atoms with van der Waals surface area (Å²) in [6.07, 6.45) is -9.29. The van der Waals surface area contributed by atoms with Crippen LogP contribution in [0.5, 0.6) is 11.6 Å². The Bertz CT molecular complexity index is 739. The molecule has 22 heavy (non-hydrogen) atoms. The lowest BCUT2D eigenvalue weighted by atomic mass is 10.0. The second kappa shape index (κ2) is 4.08. The van der Waals surface area contributed by atoms with Gasteiger partial charge in [-0.15, -0.1) is 8.78 Å². The topological polar surface area (TPSA) is 74.4 Å². The summed E-state index contributed by atoms with van der Waals surface area (Å²) in [6, 6.07) is 0. The molecular formula is C12H7F5N2O3. The molecule has 10 heteroatoms. The molecule has 1 aliphatic heterocycles. The molecule has 3 rings (SSSR count). The highest BCUT2D eigenvalue weighted by molar-refractivity contribution is 6.21. The summed E-state index contributed by atoms with van der Waals surface area (Å²) in [7, 11) is 0. The van der Waals surface area contributed by atoms with Gasteiger partial charge in [0.05, 0.1) is 0 Å². The third kappa shape index (κ3) is 1.97. The summed E-state index contributed by atoms with van der Waals surface area (Å²) < 4.78 is 73.9. The molecule has 0 saturated heterocycles. The van der Waals surface area contributed by atoms with Crippen LogP contribution in [0.3, 0.4) is 0 Å². The third-order valence-electron chi connectivity index (χ3n) is 3.29. The van der Waals surface area contributed by atoms with E-state index in [-0.39, 0.29) is 17.6 Å². The van der Waals surface area contributed by atoms with E-state index in [1.54, 1.807) is 0 Å². The van der Waals surface area contributed by atoms with Crippen molar-refractivity contribution in [3.05, 3.63) is 22.4 Å². The Morgan fingerprint density at radius 1 is 1.32 bits per heavy atom. The molecule has 0 spiro atoms. The highest BCUT2D eigenvalue weighted by Crippen LogP contribution is 2.51. The van der Waals surface area contributed by atoms with Gasteiger partial charge in [0.15, 0.2) is 11.4 Å². The van der Waals surface area contributed by atoms with Gasteiger partial charge in [-0.05, 0) is 13.3 Å². The maximum atomic E-state index is 13.1. The van der Waals surface area contributed by atoms with Crippen molar-refractivity contribution in [3.8, 4) is 11.6 Å². The highest BCUT2D eigenvalue weighted by atomic mass is 19.4. The molecule has 1 aromatic heterocycles. The van der Waals surface area contributed by atoms with Crippen LogP contribution in [-0.4, -0.2) is 17.2 Å². The summed E-state index contributed by atoms with van der Waals surface area (Å²) in [4.78, 5) is 14.5. The molecule has 0 atom stereocenters. The number of carbonyl (C=O) groups excluding carboxylic acids is 1. The van der Waals surface area contributed by atoms with E-state index >= 15 is 0 Å². The number of nitrogens with two attached hydrogens (primary N) is 1. The Labute approximate surface area is 119 Å². The number of alkyl halides is 5. The van der Waals surface area contributed by atoms with E-state index in [0.717, 1.165) is 0 Å². The lowest BCUT2D eigenvalue weighted by Gasteiger charge is -2.13. The lowest BCUT2D eigenvalue weighted by molar-refractivity contribution is -0.287. The fraction of sp³-hybridized carbons (Fsp3) is 0.333. The average molecular weight is 322 g/mol. The van der Waals surface area contributed by atoms with Crippen molar-refractivity contribution in [2.24, 2.45) is 5.73 Å². The molecule has 1 aromatic rings. The van der Waals surface area contributed by atoms with Gasteiger partial charge in [0.1, 0.15) is 0 Å². The number of nitrogens with zero attached hydrogens (tertiary/aromatic N) is 1. The minimum absolute atomic E-state index is 0.193. The van der Waals surface area contributed by atoms with Crippen molar-refractivity contribution in [1.82, 2.24) is 4.98 Å². The van der Waals surface area contributed by atoms with E-state index in [2.05, 4.69) is 14.5 Å². The normalized spacial score (nSPS) is 18.6. The monoisotopic (exact) mass is 322 g/mol. The first-order chi connectivity index (χ1) is 10.0. The number of allylic oxidation sites excluding steroid dienone is 1. The van der Waals surface area contributed by atoms with Crippen LogP contribution in [0, 0.1) is 0 Å². The summed E-state index contributed by atoms with van der Waals surface area (Å²) in [5, 5.41) is 0. The van der Waals surface area contributed by atoms with Crippen LogP contribution in [0.1, 0.15) is 23.7 Å². The molecule has 0 fully saturated rings. The first-order valence-corrected chi connectivity index (χ1v) is 5.91. The van der Waals surface area contributed by atoms with Crippen molar-refractivity contribution in [1.29, 1.82) is 0 Å². The number of fused-ring (bicyclic) bond motifs is 3. The fourth-order valence-corrected chi connectivity index (χ4v) is 2.56. The van der Waals surface area contributed by atoms with E-state index in [4.69, 9.17) is 5.73 Å². The molecule has 0 aromatic carbocycles. The number of primary amides is 1. The van der Waals surface area contributed by atoms with Gasteiger partial charge in [0.25, 0.3) is 5.88 Å². The molecule has 2 N–H and O–H groups in total. The molecule has 0 unspecified atom stereocenters. The van der Waals surface area contributed by atoms with Crippen LogP contribution < -0.4 is 15.2 Å². The molecule has 1 amide bonds. The SMILES string of the molecule is CC1=C(C(N)=O)c2c(C(F)(F)F)nc3c(c2C1)OC(F)(F)O3. The van der Waals surface area contributed by atoms with E-state index in [1.165, 1.54) is 6.92 Å². The molecule has 118 valence electrons. The van der Waals surface area contributed by atoms with Crippen LogP contribution in [0.2, 0.25) is 0 Å². The van der Waals surface area contributed by atoms with Gasteiger partial charge < -0.3 is 15.2 Å². The van der Waals surface area contributed by atoms with Crippen molar-refractivity contribution in [2.75, 3.05) is 0 Å². The van der Waals surface area contributed by atoms with Gasteiger partial charge in [-0.2, -0.15) is 13.2 Å². The number of hydrogen-bond acceptors (Lipinski definition) is 4. The molecule has 1 aliphatic carbocycles. The average Bonchev–Trinajstić information content (AvgIpc) is 2.81. The molecule has 0 saturated carbocycles. The predicted molar refractivity (Wildman–Crippen MR) is 60.9 cm³/mol. The van der Waals surface area contributed by atoms with Crippen molar-refractivity contribution in [3.63, 3.8) is 0 Å². The van der Waals surface area contributed by atoms with Gasteiger partial charge in [0, 0.05) is 16.7 Å². The van der Waals surface area contributed by atoms with E-state index in [9.17, 15) is 26.7 Å². The first kappa shape index (κ1) is 14.5. The van der Waals surface area contributed by atoms with Crippen LogP contribution in [0.15, 0.2) is 5.57 Å². The minimum Gasteiger partial charge on any atom is -0.393 e. The standard InChI is InChI=1S/C12H7F5N2O3/c1-3-2-4-6(5(3)9(18)20)8(11(13,14)15)19-10-7(4)21-12(16,17)22-10/h2H2,1H3,(H2,18,20). The van der Waals surface area contributed by atoms with Crippen molar-refractivity contribution >= 4 is 11.5 Å². The van der Waals surface area contributed by atoms with Gasteiger partial charge >= 0.3 is 12.5 Å². The summed E-state index contributed by atoms with van der Waals surface area (Å²) in [5.74, 6) is -2.67. The second-order valence-electron chi connectivity index (χ2n) is 4.81. The van der Waals surface area contributed by atoms with Gasteiger partial charge in [-0.1, -0.05) is 5.57 Å². The zero-order valence-corrected chi connectivity index (χ0v) is 10.8. The lowest BCUT2D eigenvalue weighted by Crippen LogP contribution is -2.26.